The van der Waals surface area contributed by atoms with E-state index in [1.54, 1.807) is 0 Å². The van der Waals surface area contributed by atoms with Crippen molar-refractivity contribution >= 4 is 21.7 Å². The number of pyridine rings is 1. The van der Waals surface area contributed by atoms with Gasteiger partial charge in [-0.1, -0.05) is 22.0 Å². The first kappa shape index (κ1) is 11.9. The first-order valence-electron chi connectivity index (χ1n) is 5.28. The molecule has 1 heterocycles. The van der Waals surface area contributed by atoms with Crippen LogP contribution >= 0.6 is 15.9 Å². The van der Waals surface area contributed by atoms with Crippen LogP contribution in [0.3, 0.4) is 0 Å². The van der Waals surface area contributed by atoms with Crippen LogP contribution in [0.25, 0.3) is 0 Å². The molecule has 0 aliphatic rings. The molecule has 3 nitrogen and oxygen atoms in total. The van der Waals surface area contributed by atoms with Crippen molar-refractivity contribution in [2.24, 2.45) is 0 Å². The first-order chi connectivity index (χ1) is 8.19. The van der Waals surface area contributed by atoms with Crippen molar-refractivity contribution < 1.29 is 4.74 Å². The summed E-state index contributed by atoms with van der Waals surface area (Å²) in [6, 6.07) is 11.5. The number of aromatic nitrogens is 1. The Morgan fingerprint density at radius 3 is 2.76 bits per heavy atom. The number of benzene rings is 1. The molecular weight excluding hydrogens is 280 g/mol. The van der Waals surface area contributed by atoms with Crippen LogP contribution in [-0.4, -0.2) is 12.0 Å². The van der Waals surface area contributed by atoms with E-state index in [0.29, 0.717) is 5.88 Å². The van der Waals surface area contributed by atoms with E-state index in [9.17, 15) is 0 Å². The van der Waals surface area contributed by atoms with Crippen molar-refractivity contribution in [1.29, 1.82) is 0 Å². The molecule has 0 atom stereocenters. The number of anilines is 1. The SMILES string of the molecule is CNc1cccc(Oc2ccc(Br)cc2C)n1. The maximum Gasteiger partial charge on any atom is 0.221 e. The largest absolute Gasteiger partial charge is 0.439 e. The molecule has 17 heavy (non-hydrogen) atoms. The van der Waals surface area contributed by atoms with Crippen LogP contribution in [0.4, 0.5) is 5.82 Å². The normalized spacial score (nSPS) is 10.1. The molecule has 0 radical (unpaired) electrons. The topological polar surface area (TPSA) is 34.1 Å². The van der Waals surface area contributed by atoms with Crippen LogP contribution in [-0.2, 0) is 0 Å². The van der Waals surface area contributed by atoms with Gasteiger partial charge in [-0.15, -0.1) is 0 Å². The quantitative estimate of drug-likeness (QED) is 0.929. The van der Waals surface area contributed by atoms with Gasteiger partial charge in [-0.25, -0.2) is 0 Å². The molecule has 4 heteroatoms. The van der Waals surface area contributed by atoms with Gasteiger partial charge >= 0.3 is 0 Å². The molecule has 0 spiro atoms. The van der Waals surface area contributed by atoms with Gasteiger partial charge in [0.1, 0.15) is 11.6 Å². The fourth-order valence-corrected chi connectivity index (χ4v) is 1.93. The lowest BCUT2D eigenvalue weighted by Crippen LogP contribution is -1.95. The average molecular weight is 293 g/mol. The molecule has 0 saturated carbocycles. The summed E-state index contributed by atoms with van der Waals surface area (Å²) in [7, 11) is 1.83. The molecule has 1 aromatic heterocycles. The summed E-state index contributed by atoms with van der Waals surface area (Å²) in [4.78, 5) is 4.31. The predicted molar refractivity (Wildman–Crippen MR) is 72.7 cm³/mol. The second kappa shape index (κ2) is 5.19. The highest BCUT2D eigenvalue weighted by Crippen LogP contribution is 2.26. The van der Waals surface area contributed by atoms with Crippen molar-refractivity contribution in [3.05, 3.63) is 46.4 Å². The summed E-state index contributed by atoms with van der Waals surface area (Å²) in [5, 5.41) is 2.98. The lowest BCUT2D eigenvalue weighted by atomic mass is 10.2. The Balaban J connectivity index is 2.25. The van der Waals surface area contributed by atoms with E-state index in [1.165, 1.54) is 0 Å². The minimum absolute atomic E-state index is 0.585. The van der Waals surface area contributed by atoms with Gasteiger partial charge in [-0.05, 0) is 36.8 Å². The summed E-state index contributed by atoms with van der Waals surface area (Å²) < 4.78 is 6.78. The maximum atomic E-state index is 5.73. The number of rotatable bonds is 3. The molecule has 0 aliphatic carbocycles. The zero-order chi connectivity index (χ0) is 12.3. The number of nitrogens with one attached hydrogen (secondary N) is 1. The van der Waals surface area contributed by atoms with E-state index in [2.05, 4.69) is 26.2 Å². The van der Waals surface area contributed by atoms with Crippen LogP contribution in [0.15, 0.2) is 40.9 Å². The van der Waals surface area contributed by atoms with E-state index < -0.39 is 0 Å². The molecule has 2 rings (SSSR count). The number of aryl methyl sites for hydroxylation is 1. The lowest BCUT2D eigenvalue weighted by molar-refractivity contribution is 0.460. The van der Waals surface area contributed by atoms with Crippen molar-refractivity contribution in [2.45, 2.75) is 6.92 Å². The van der Waals surface area contributed by atoms with Gasteiger partial charge in [-0.3, -0.25) is 0 Å². The second-order valence-electron chi connectivity index (χ2n) is 3.62. The summed E-state index contributed by atoms with van der Waals surface area (Å²) in [6.45, 7) is 2.00. The van der Waals surface area contributed by atoms with E-state index in [-0.39, 0.29) is 0 Å². The van der Waals surface area contributed by atoms with Gasteiger partial charge < -0.3 is 10.1 Å². The standard InChI is InChI=1S/C13H13BrN2O/c1-9-8-10(14)6-7-11(9)17-13-5-3-4-12(15-2)16-13/h3-8H,1-2H3,(H,15,16). The van der Waals surface area contributed by atoms with Crippen LogP contribution in [0.2, 0.25) is 0 Å². The van der Waals surface area contributed by atoms with Gasteiger partial charge in [0.05, 0.1) is 0 Å². The minimum Gasteiger partial charge on any atom is -0.439 e. The summed E-state index contributed by atoms with van der Waals surface area (Å²) >= 11 is 3.42. The van der Waals surface area contributed by atoms with Gasteiger partial charge in [0.2, 0.25) is 5.88 Å². The number of hydrogen-bond donors (Lipinski definition) is 1. The minimum atomic E-state index is 0.585. The Hall–Kier alpha value is -1.55. The molecule has 88 valence electrons. The maximum absolute atomic E-state index is 5.73. The molecule has 0 saturated heterocycles. The molecule has 2 aromatic rings. The van der Waals surface area contributed by atoms with E-state index in [0.717, 1.165) is 21.6 Å². The molecule has 0 bridgehead atoms. The highest BCUT2D eigenvalue weighted by atomic mass is 79.9. The Morgan fingerprint density at radius 2 is 2.06 bits per heavy atom. The third-order valence-electron chi connectivity index (χ3n) is 2.33. The second-order valence-corrected chi connectivity index (χ2v) is 4.54. The third kappa shape index (κ3) is 2.97. The van der Waals surface area contributed by atoms with E-state index in [1.807, 2.05) is 50.4 Å². The average Bonchev–Trinajstić information content (AvgIpc) is 2.33. The highest BCUT2D eigenvalue weighted by molar-refractivity contribution is 9.10. The third-order valence-corrected chi connectivity index (χ3v) is 2.82. The van der Waals surface area contributed by atoms with Crippen LogP contribution in [0.1, 0.15) is 5.56 Å². The number of nitrogens with zero attached hydrogens (tertiary/aromatic N) is 1. The van der Waals surface area contributed by atoms with Crippen molar-refractivity contribution in [3.8, 4) is 11.6 Å². The molecule has 0 unspecified atom stereocenters. The summed E-state index contributed by atoms with van der Waals surface area (Å²) in [5.74, 6) is 2.19. The fourth-order valence-electron chi connectivity index (χ4n) is 1.45. The predicted octanol–water partition coefficient (Wildman–Crippen LogP) is 3.99. The fraction of sp³-hybridized carbons (Fsp3) is 0.154. The zero-order valence-corrected chi connectivity index (χ0v) is 11.3. The van der Waals surface area contributed by atoms with Crippen molar-refractivity contribution in [2.75, 3.05) is 12.4 Å². The molecular formula is C13H13BrN2O. The lowest BCUT2D eigenvalue weighted by Gasteiger charge is -2.09. The molecule has 1 aromatic carbocycles. The Morgan fingerprint density at radius 1 is 1.24 bits per heavy atom. The Labute approximate surface area is 109 Å². The summed E-state index contributed by atoms with van der Waals surface area (Å²) in [6.07, 6.45) is 0. The summed E-state index contributed by atoms with van der Waals surface area (Å²) in [5.41, 5.74) is 1.07. The molecule has 1 N–H and O–H groups in total. The van der Waals surface area contributed by atoms with Gasteiger partial charge in [-0.2, -0.15) is 4.98 Å². The van der Waals surface area contributed by atoms with E-state index >= 15 is 0 Å². The van der Waals surface area contributed by atoms with Gasteiger partial charge in [0, 0.05) is 17.6 Å². The van der Waals surface area contributed by atoms with Crippen molar-refractivity contribution in [1.82, 2.24) is 4.98 Å². The Bertz CT molecular complexity index is 529. The van der Waals surface area contributed by atoms with Gasteiger partial charge in [0.25, 0.3) is 0 Å². The zero-order valence-electron chi connectivity index (χ0n) is 9.70. The number of hydrogen-bond acceptors (Lipinski definition) is 3. The monoisotopic (exact) mass is 292 g/mol. The number of ether oxygens (including phenoxy) is 1. The van der Waals surface area contributed by atoms with E-state index in [4.69, 9.17) is 4.74 Å². The molecule has 0 amide bonds. The van der Waals surface area contributed by atoms with Gasteiger partial charge in [0.15, 0.2) is 0 Å². The molecule has 0 fully saturated rings. The molecule has 0 aliphatic heterocycles. The smallest absolute Gasteiger partial charge is 0.221 e. The van der Waals surface area contributed by atoms with Crippen LogP contribution < -0.4 is 10.1 Å². The first-order valence-corrected chi connectivity index (χ1v) is 6.07. The van der Waals surface area contributed by atoms with Crippen molar-refractivity contribution in [3.63, 3.8) is 0 Å². The van der Waals surface area contributed by atoms with Crippen LogP contribution in [0.5, 0.6) is 11.6 Å². The number of halogens is 1. The van der Waals surface area contributed by atoms with Crippen LogP contribution in [0, 0.1) is 6.92 Å². The Kier molecular flexibility index (Phi) is 3.64. The highest BCUT2D eigenvalue weighted by Gasteiger charge is 2.03.